The number of carbonyl (C=O) groups is 1. The Morgan fingerprint density at radius 1 is 0.923 bits per heavy atom. The van der Waals surface area contributed by atoms with Crippen molar-refractivity contribution < 1.29 is 69.7 Å². The molecular weight excluding hydrogens is 526 g/mol. The fraction of sp³-hybridized carbons (Fsp3) is 0.958. The van der Waals surface area contributed by atoms with Gasteiger partial charge in [-0.25, -0.2) is 0 Å². The van der Waals surface area contributed by atoms with Gasteiger partial charge in [0, 0.05) is 6.92 Å². The maximum Gasteiger partial charge on any atom is 0.217 e. The molecule has 39 heavy (non-hydrogen) atoms. The Balaban J connectivity index is 2.39. The van der Waals surface area contributed by atoms with Crippen LogP contribution in [0.25, 0.3) is 0 Å². The van der Waals surface area contributed by atoms with Crippen molar-refractivity contribution in [2.24, 2.45) is 5.41 Å². The van der Waals surface area contributed by atoms with Crippen molar-refractivity contribution >= 4 is 5.91 Å². The minimum atomic E-state index is -1.83. The van der Waals surface area contributed by atoms with Crippen molar-refractivity contribution in [1.82, 2.24) is 5.32 Å². The number of aliphatic hydroxyl groups excluding tert-OH is 9. The Morgan fingerprint density at radius 2 is 1.54 bits per heavy atom. The second-order valence-electron chi connectivity index (χ2n) is 11.4. The van der Waals surface area contributed by atoms with Crippen molar-refractivity contribution in [3.8, 4) is 0 Å². The van der Waals surface area contributed by atoms with Crippen LogP contribution < -0.4 is 5.32 Å². The predicted molar refractivity (Wildman–Crippen MR) is 131 cm³/mol. The van der Waals surface area contributed by atoms with Gasteiger partial charge in [0.2, 0.25) is 5.91 Å². The van der Waals surface area contributed by atoms with Crippen molar-refractivity contribution in [3.63, 3.8) is 0 Å². The van der Waals surface area contributed by atoms with Gasteiger partial charge in [-0.15, -0.1) is 0 Å². The lowest BCUT2D eigenvalue weighted by molar-refractivity contribution is -0.374. The Kier molecular flexibility index (Phi) is 12.5. The average Bonchev–Trinajstić information content (AvgIpc) is 2.85. The standard InChI is InChI=1S/C24H45NO14/c1-9-14(30)17(33)19(35)22(36-9)39-21-18(34)16(32)13(8-27)37-23(21)38-20(12(29)7-26)15(31)11(25-10(2)28)6-24(3,4)5/h9,11-23,26-27,29-35H,6-8H2,1-5H3,(H,25,28). The van der Waals surface area contributed by atoms with Gasteiger partial charge in [0.25, 0.3) is 0 Å². The summed E-state index contributed by atoms with van der Waals surface area (Å²) in [4.78, 5) is 11.9. The maximum absolute atomic E-state index is 11.9. The molecule has 2 heterocycles. The first-order chi connectivity index (χ1) is 18.0. The minimum absolute atomic E-state index is 0.220. The van der Waals surface area contributed by atoms with E-state index < -0.39 is 110 Å². The molecule has 2 saturated heterocycles. The molecule has 0 spiro atoms. The summed E-state index contributed by atoms with van der Waals surface area (Å²) in [5, 5.41) is 95.4. The lowest BCUT2D eigenvalue weighted by atomic mass is 9.84. The van der Waals surface area contributed by atoms with E-state index in [9.17, 15) is 50.8 Å². The van der Waals surface area contributed by atoms with Crippen LogP contribution in [0.15, 0.2) is 0 Å². The summed E-state index contributed by atoms with van der Waals surface area (Å²) in [5.74, 6) is -0.479. The normalized spacial score (nSPS) is 39.0. The van der Waals surface area contributed by atoms with Crippen LogP contribution in [-0.2, 0) is 23.7 Å². The van der Waals surface area contributed by atoms with Gasteiger partial charge in [-0.2, -0.15) is 0 Å². The molecule has 2 aliphatic heterocycles. The van der Waals surface area contributed by atoms with Gasteiger partial charge in [0.05, 0.1) is 25.4 Å². The number of hydrogen-bond donors (Lipinski definition) is 10. The van der Waals surface area contributed by atoms with Crippen molar-refractivity contribution in [2.45, 2.75) is 127 Å². The van der Waals surface area contributed by atoms with Crippen LogP contribution >= 0.6 is 0 Å². The zero-order chi connectivity index (χ0) is 29.8. The van der Waals surface area contributed by atoms with E-state index in [2.05, 4.69) is 5.32 Å². The number of hydrogen-bond acceptors (Lipinski definition) is 14. The molecule has 2 aliphatic rings. The highest BCUT2D eigenvalue weighted by molar-refractivity contribution is 5.73. The molecule has 0 aromatic heterocycles. The average molecular weight is 572 g/mol. The molecular formula is C24H45NO14. The SMILES string of the molecule is CC(=O)NC(CC(C)(C)C)C(O)C(OC1OC(CO)C(O)C(O)C1OC1OC(C)C(O)C(O)C1O)C(O)CO. The van der Waals surface area contributed by atoms with E-state index >= 15 is 0 Å². The van der Waals surface area contributed by atoms with Crippen molar-refractivity contribution in [1.29, 1.82) is 0 Å². The van der Waals surface area contributed by atoms with Crippen LogP contribution in [0.1, 0.15) is 41.0 Å². The van der Waals surface area contributed by atoms with E-state index in [1.54, 1.807) is 0 Å². The molecule has 1 amide bonds. The van der Waals surface area contributed by atoms with Crippen molar-refractivity contribution in [3.05, 3.63) is 0 Å². The lowest BCUT2D eigenvalue weighted by Gasteiger charge is -2.47. The van der Waals surface area contributed by atoms with Gasteiger partial charge in [-0.3, -0.25) is 4.79 Å². The number of rotatable bonds is 11. The molecule has 2 rings (SSSR count). The van der Waals surface area contributed by atoms with Gasteiger partial charge in [-0.05, 0) is 18.8 Å². The van der Waals surface area contributed by atoms with Gasteiger partial charge >= 0.3 is 0 Å². The largest absolute Gasteiger partial charge is 0.394 e. The fourth-order valence-corrected chi connectivity index (χ4v) is 4.66. The highest BCUT2D eigenvalue weighted by Crippen LogP contribution is 2.32. The van der Waals surface area contributed by atoms with E-state index in [0.29, 0.717) is 0 Å². The maximum atomic E-state index is 11.9. The van der Waals surface area contributed by atoms with Gasteiger partial charge in [0.15, 0.2) is 12.6 Å². The zero-order valence-electron chi connectivity index (χ0n) is 22.8. The Morgan fingerprint density at radius 3 is 2.05 bits per heavy atom. The van der Waals surface area contributed by atoms with Crippen molar-refractivity contribution in [2.75, 3.05) is 13.2 Å². The summed E-state index contributed by atoms with van der Waals surface area (Å²) >= 11 is 0. The topological polar surface area (TPSA) is 248 Å². The minimum Gasteiger partial charge on any atom is -0.394 e. The van der Waals surface area contributed by atoms with Crippen LogP contribution in [0.5, 0.6) is 0 Å². The third-order valence-corrected chi connectivity index (χ3v) is 6.75. The highest BCUT2D eigenvalue weighted by atomic mass is 16.8. The highest BCUT2D eigenvalue weighted by Gasteiger charge is 2.52. The molecule has 230 valence electrons. The first kappa shape index (κ1) is 34.2. The summed E-state index contributed by atoms with van der Waals surface area (Å²) in [6.45, 7) is 6.54. The van der Waals surface area contributed by atoms with E-state index in [0.717, 1.165) is 0 Å². The van der Waals surface area contributed by atoms with Crippen LogP contribution in [0.4, 0.5) is 0 Å². The molecule has 0 aliphatic carbocycles. The molecule has 14 unspecified atom stereocenters. The Hall–Kier alpha value is -1.05. The molecule has 0 bridgehead atoms. The van der Waals surface area contributed by atoms with Gasteiger partial charge < -0.3 is 70.2 Å². The number of ether oxygens (including phenoxy) is 4. The van der Waals surface area contributed by atoms with E-state index in [1.807, 2.05) is 20.8 Å². The number of carbonyl (C=O) groups excluding carboxylic acids is 1. The van der Waals surface area contributed by atoms with Crippen LogP contribution in [0.3, 0.4) is 0 Å². The fourth-order valence-electron chi connectivity index (χ4n) is 4.66. The number of amides is 1. The van der Waals surface area contributed by atoms with E-state index in [1.165, 1.54) is 13.8 Å². The molecule has 2 fully saturated rings. The molecule has 0 saturated carbocycles. The van der Waals surface area contributed by atoms with Gasteiger partial charge in [-0.1, -0.05) is 20.8 Å². The summed E-state index contributed by atoms with van der Waals surface area (Å²) in [6.07, 6.45) is -20.8. The molecule has 15 heteroatoms. The quantitative estimate of drug-likeness (QED) is 0.113. The summed E-state index contributed by atoms with van der Waals surface area (Å²) in [5.41, 5.74) is -0.408. The Labute approximate surface area is 226 Å². The molecule has 15 nitrogen and oxygen atoms in total. The monoisotopic (exact) mass is 571 g/mol. The molecule has 0 aromatic rings. The molecule has 0 aromatic carbocycles. The summed E-state index contributed by atoms with van der Waals surface area (Å²) in [7, 11) is 0. The van der Waals surface area contributed by atoms with Gasteiger partial charge in [0.1, 0.15) is 61.0 Å². The third kappa shape index (κ3) is 8.72. The third-order valence-electron chi connectivity index (χ3n) is 6.75. The predicted octanol–water partition coefficient (Wildman–Crippen LogP) is -4.32. The molecule has 14 atom stereocenters. The Bertz CT molecular complexity index is 768. The van der Waals surface area contributed by atoms with Crippen LogP contribution in [-0.4, -0.2) is 151 Å². The number of aliphatic hydroxyl groups is 9. The second-order valence-corrected chi connectivity index (χ2v) is 11.4. The van der Waals surface area contributed by atoms with Crippen LogP contribution in [0, 0.1) is 5.41 Å². The summed E-state index contributed by atoms with van der Waals surface area (Å²) < 4.78 is 22.4. The smallest absolute Gasteiger partial charge is 0.217 e. The van der Waals surface area contributed by atoms with Crippen LogP contribution in [0.2, 0.25) is 0 Å². The molecule has 10 N–H and O–H groups in total. The van der Waals surface area contributed by atoms with E-state index in [-0.39, 0.29) is 6.42 Å². The molecule has 0 radical (unpaired) electrons. The first-order valence-corrected chi connectivity index (χ1v) is 12.9. The first-order valence-electron chi connectivity index (χ1n) is 12.9. The van der Waals surface area contributed by atoms with E-state index in [4.69, 9.17) is 18.9 Å². The number of nitrogens with one attached hydrogen (secondary N) is 1. The lowest BCUT2D eigenvalue weighted by Crippen LogP contribution is -2.65. The second kappa shape index (κ2) is 14.2. The zero-order valence-corrected chi connectivity index (χ0v) is 22.8. The summed E-state index contributed by atoms with van der Waals surface area (Å²) in [6, 6.07) is -0.971.